The van der Waals surface area contributed by atoms with Crippen LogP contribution in [0.2, 0.25) is 0 Å². The highest BCUT2D eigenvalue weighted by Crippen LogP contribution is 2.24. The molecule has 2 heteroatoms. The fourth-order valence-electron chi connectivity index (χ4n) is 2.08. The Balaban J connectivity index is 2.19. The van der Waals surface area contributed by atoms with Crippen molar-refractivity contribution in [3.05, 3.63) is 34.9 Å². The zero-order chi connectivity index (χ0) is 10.9. The van der Waals surface area contributed by atoms with E-state index < -0.39 is 0 Å². The first kappa shape index (κ1) is 10.7. The third-order valence-corrected chi connectivity index (χ3v) is 3.34. The Hall–Kier alpha value is -0.860. The van der Waals surface area contributed by atoms with Crippen molar-refractivity contribution in [3.63, 3.8) is 0 Å². The predicted octanol–water partition coefficient (Wildman–Crippen LogP) is 1.83. The van der Waals surface area contributed by atoms with Crippen molar-refractivity contribution in [2.24, 2.45) is 0 Å². The van der Waals surface area contributed by atoms with Crippen LogP contribution in [-0.4, -0.2) is 25.8 Å². The number of benzene rings is 1. The Bertz CT molecular complexity index is 350. The monoisotopic (exact) mass is 205 g/mol. The first-order valence-electron chi connectivity index (χ1n) is 5.47. The molecule has 1 aromatic carbocycles. The summed E-state index contributed by atoms with van der Waals surface area (Å²) in [7, 11) is 1.81. The number of hydrogen-bond acceptors (Lipinski definition) is 2. The maximum atomic E-state index is 5.61. The van der Waals surface area contributed by atoms with E-state index in [0.717, 1.165) is 19.5 Å². The van der Waals surface area contributed by atoms with Gasteiger partial charge in [0.2, 0.25) is 0 Å². The quantitative estimate of drug-likeness (QED) is 0.813. The lowest BCUT2D eigenvalue weighted by Gasteiger charge is -2.41. The zero-order valence-corrected chi connectivity index (χ0v) is 9.76. The van der Waals surface area contributed by atoms with E-state index in [-0.39, 0.29) is 5.60 Å². The molecular formula is C13H19NO. The molecule has 2 nitrogen and oxygen atoms in total. The summed E-state index contributed by atoms with van der Waals surface area (Å²) in [6.45, 7) is 6.25. The van der Waals surface area contributed by atoms with Crippen LogP contribution < -0.4 is 5.32 Å². The van der Waals surface area contributed by atoms with E-state index in [1.165, 1.54) is 16.7 Å². The summed E-state index contributed by atoms with van der Waals surface area (Å²) < 4.78 is 5.61. The molecule has 0 unspecified atom stereocenters. The molecule has 1 aliphatic rings. The highest BCUT2D eigenvalue weighted by Gasteiger charge is 2.37. The molecule has 1 N–H and O–H groups in total. The van der Waals surface area contributed by atoms with Crippen molar-refractivity contribution in [1.29, 1.82) is 0 Å². The maximum Gasteiger partial charge on any atom is 0.0966 e. The maximum absolute atomic E-state index is 5.61. The zero-order valence-electron chi connectivity index (χ0n) is 9.76. The number of methoxy groups -OCH3 is 1. The van der Waals surface area contributed by atoms with Crippen LogP contribution in [0.4, 0.5) is 0 Å². The lowest BCUT2D eigenvalue weighted by molar-refractivity contribution is -0.0503. The molecule has 1 saturated heterocycles. The van der Waals surface area contributed by atoms with Gasteiger partial charge in [-0.3, -0.25) is 0 Å². The van der Waals surface area contributed by atoms with Crippen molar-refractivity contribution in [3.8, 4) is 0 Å². The summed E-state index contributed by atoms with van der Waals surface area (Å²) >= 11 is 0. The molecule has 15 heavy (non-hydrogen) atoms. The number of nitrogens with one attached hydrogen (secondary N) is 1. The average Bonchev–Trinajstić information content (AvgIpc) is 2.17. The highest BCUT2D eigenvalue weighted by atomic mass is 16.5. The Morgan fingerprint density at radius 3 is 2.60 bits per heavy atom. The van der Waals surface area contributed by atoms with Gasteiger partial charge in [-0.15, -0.1) is 0 Å². The van der Waals surface area contributed by atoms with Crippen molar-refractivity contribution in [2.75, 3.05) is 20.2 Å². The van der Waals surface area contributed by atoms with Gasteiger partial charge >= 0.3 is 0 Å². The molecule has 0 saturated carbocycles. The summed E-state index contributed by atoms with van der Waals surface area (Å²) in [5.41, 5.74) is 4.15. The van der Waals surface area contributed by atoms with E-state index in [9.17, 15) is 0 Å². The first-order valence-corrected chi connectivity index (χ1v) is 5.47. The molecule has 1 heterocycles. The third-order valence-electron chi connectivity index (χ3n) is 3.34. The summed E-state index contributed by atoms with van der Waals surface area (Å²) in [6, 6.07) is 6.63. The molecule has 0 aromatic heterocycles. The van der Waals surface area contributed by atoms with Crippen LogP contribution in [0, 0.1) is 13.8 Å². The van der Waals surface area contributed by atoms with Crippen LogP contribution >= 0.6 is 0 Å². The molecule has 1 aromatic rings. The van der Waals surface area contributed by atoms with Crippen molar-refractivity contribution >= 4 is 0 Å². The van der Waals surface area contributed by atoms with Gasteiger partial charge < -0.3 is 10.1 Å². The SMILES string of the molecule is COC1(Cc2cc(C)ccc2C)CNC1. The Labute approximate surface area is 91.6 Å². The van der Waals surface area contributed by atoms with Crippen LogP contribution in [0.15, 0.2) is 18.2 Å². The van der Waals surface area contributed by atoms with E-state index in [2.05, 4.69) is 37.4 Å². The minimum Gasteiger partial charge on any atom is -0.375 e. The van der Waals surface area contributed by atoms with E-state index in [1.54, 1.807) is 0 Å². The first-order chi connectivity index (χ1) is 7.15. The van der Waals surface area contributed by atoms with Gasteiger partial charge in [0, 0.05) is 26.6 Å². The lowest BCUT2D eigenvalue weighted by Crippen LogP contribution is -2.61. The minimum absolute atomic E-state index is 0.0402. The number of aryl methyl sites for hydroxylation is 2. The number of rotatable bonds is 3. The van der Waals surface area contributed by atoms with Gasteiger partial charge in [-0.25, -0.2) is 0 Å². The molecule has 2 rings (SSSR count). The van der Waals surface area contributed by atoms with Crippen molar-refractivity contribution in [2.45, 2.75) is 25.9 Å². The van der Waals surface area contributed by atoms with E-state index in [0.29, 0.717) is 0 Å². The summed E-state index contributed by atoms with van der Waals surface area (Å²) in [4.78, 5) is 0. The second-order valence-electron chi connectivity index (χ2n) is 4.60. The predicted molar refractivity (Wildman–Crippen MR) is 62.2 cm³/mol. The lowest BCUT2D eigenvalue weighted by atomic mass is 9.86. The second kappa shape index (κ2) is 3.95. The summed E-state index contributed by atoms with van der Waals surface area (Å²) in [5.74, 6) is 0. The topological polar surface area (TPSA) is 21.3 Å². The molecule has 0 aliphatic carbocycles. The molecule has 0 atom stereocenters. The molecule has 0 spiro atoms. The Morgan fingerprint density at radius 1 is 1.33 bits per heavy atom. The Kier molecular flexibility index (Phi) is 2.81. The Morgan fingerprint density at radius 2 is 2.07 bits per heavy atom. The molecule has 0 radical (unpaired) electrons. The average molecular weight is 205 g/mol. The van der Waals surface area contributed by atoms with Gasteiger partial charge in [0.05, 0.1) is 5.60 Å². The number of ether oxygens (including phenoxy) is 1. The van der Waals surface area contributed by atoms with Gasteiger partial charge in [0.25, 0.3) is 0 Å². The standard InChI is InChI=1S/C13H19NO/c1-10-4-5-11(2)12(6-10)7-13(15-3)8-14-9-13/h4-6,14H,7-9H2,1-3H3. The largest absolute Gasteiger partial charge is 0.375 e. The molecule has 0 amide bonds. The summed E-state index contributed by atoms with van der Waals surface area (Å²) in [5, 5.41) is 3.28. The normalized spacial score (nSPS) is 18.6. The van der Waals surface area contributed by atoms with E-state index >= 15 is 0 Å². The second-order valence-corrected chi connectivity index (χ2v) is 4.60. The van der Waals surface area contributed by atoms with Crippen molar-refractivity contribution < 1.29 is 4.74 Å². The van der Waals surface area contributed by atoms with Gasteiger partial charge in [-0.2, -0.15) is 0 Å². The van der Waals surface area contributed by atoms with Crippen LogP contribution in [0.5, 0.6) is 0 Å². The van der Waals surface area contributed by atoms with E-state index in [4.69, 9.17) is 4.74 Å². The van der Waals surface area contributed by atoms with Crippen LogP contribution in [-0.2, 0) is 11.2 Å². The summed E-state index contributed by atoms with van der Waals surface area (Å²) in [6.07, 6.45) is 1.02. The third kappa shape index (κ3) is 2.06. The van der Waals surface area contributed by atoms with Gasteiger partial charge in [0.15, 0.2) is 0 Å². The van der Waals surface area contributed by atoms with Crippen molar-refractivity contribution in [1.82, 2.24) is 5.32 Å². The van der Waals surface area contributed by atoms with Crippen LogP contribution in [0.1, 0.15) is 16.7 Å². The van der Waals surface area contributed by atoms with Gasteiger partial charge in [-0.1, -0.05) is 23.8 Å². The molecule has 1 fully saturated rings. The smallest absolute Gasteiger partial charge is 0.0966 e. The molecule has 82 valence electrons. The fourth-order valence-corrected chi connectivity index (χ4v) is 2.08. The fraction of sp³-hybridized carbons (Fsp3) is 0.538. The molecule has 0 bridgehead atoms. The van der Waals surface area contributed by atoms with Gasteiger partial charge in [0.1, 0.15) is 0 Å². The molecule has 1 aliphatic heterocycles. The highest BCUT2D eigenvalue weighted by molar-refractivity contribution is 5.32. The minimum atomic E-state index is 0.0402. The van der Waals surface area contributed by atoms with Gasteiger partial charge in [-0.05, 0) is 25.0 Å². The van der Waals surface area contributed by atoms with Crippen LogP contribution in [0.3, 0.4) is 0 Å². The van der Waals surface area contributed by atoms with Crippen LogP contribution in [0.25, 0.3) is 0 Å². The number of hydrogen-bond donors (Lipinski definition) is 1. The molecular weight excluding hydrogens is 186 g/mol. The van der Waals surface area contributed by atoms with E-state index in [1.807, 2.05) is 7.11 Å².